The number of aliphatic imine (C=N–C) groups is 1. The van der Waals surface area contributed by atoms with E-state index in [1.165, 1.54) is 16.0 Å². The van der Waals surface area contributed by atoms with Gasteiger partial charge in [0, 0.05) is 34.6 Å². The number of aromatic nitrogens is 2. The maximum Gasteiger partial charge on any atom is 0.226 e. The van der Waals surface area contributed by atoms with Crippen LogP contribution in [0, 0.1) is 5.92 Å². The molecular formula is C25H26BrN5O2S. The molecule has 2 aromatic heterocycles. The first-order chi connectivity index (χ1) is 16.5. The first-order valence-corrected chi connectivity index (χ1v) is 13.4. The standard InChI is InChI=1S/C25H26BrN5O2S/c1-13-10-31(11-14(2)33-13)25(32)15-3-4-18-21(7-15)34-24-22(18)23(28-12-29-24)30-20-6-17-9-27-8-16(17)5-19(20)26/h5-6,9,12-15H,3-4,7-8,10-11H2,1-2H3,(H,28,29,30)/t13-,14-,15-/m0/s1. The van der Waals surface area contributed by atoms with Crippen molar-refractivity contribution in [3.05, 3.63) is 44.5 Å². The smallest absolute Gasteiger partial charge is 0.226 e. The van der Waals surface area contributed by atoms with Gasteiger partial charge < -0.3 is 15.0 Å². The number of amides is 1. The molecule has 4 heterocycles. The lowest BCUT2D eigenvalue weighted by Crippen LogP contribution is -2.50. The van der Waals surface area contributed by atoms with Gasteiger partial charge in [0.25, 0.3) is 0 Å². The number of hydrogen-bond donors (Lipinski definition) is 1. The Kier molecular flexibility index (Phi) is 5.66. The molecule has 2 aliphatic heterocycles. The van der Waals surface area contributed by atoms with Crippen LogP contribution in [-0.2, 0) is 28.9 Å². The minimum Gasteiger partial charge on any atom is -0.372 e. The molecule has 1 aromatic carbocycles. The summed E-state index contributed by atoms with van der Waals surface area (Å²) in [5.41, 5.74) is 4.61. The highest BCUT2D eigenvalue weighted by molar-refractivity contribution is 9.10. The number of nitrogens with one attached hydrogen (secondary N) is 1. The maximum atomic E-state index is 13.3. The molecule has 7 nitrogen and oxygen atoms in total. The van der Waals surface area contributed by atoms with Crippen LogP contribution in [0.5, 0.6) is 0 Å². The Morgan fingerprint density at radius 2 is 2.06 bits per heavy atom. The number of morpholine rings is 1. The van der Waals surface area contributed by atoms with Crippen LogP contribution in [0.1, 0.15) is 41.8 Å². The number of nitrogens with zero attached hydrogens (tertiary/aromatic N) is 4. The minimum atomic E-state index is 0.0209. The maximum absolute atomic E-state index is 13.3. The molecule has 176 valence electrons. The first-order valence-electron chi connectivity index (χ1n) is 11.7. The zero-order chi connectivity index (χ0) is 23.4. The lowest BCUT2D eigenvalue weighted by atomic mass is 9.86. The fourth-order valence-electron chi connectivity index (χ4n) is 5.39. The number of aryl methyl sites for hydroxylation is 1. The highest BCUT2D eigenvalue weighted by atomic mass is 79.9. The van der Waals surface area contributed by atoms with Crippen molar-refractivity contribution in [2.75, 3.05) is 18.4 Å². The van der Waals surface area contributed by atoms with E-state index in [0.717, 1.165) is 57.6 Å². The van der Waals surface area contributed by atoms with Crippen LogP contribution in [-0.4, -0.2) is 52.3 Å². The Hall–Kier alpha value is -2.36. The SMILES string of the molecule is C[C@H]1CN(C(=O)[C@H]2CCc3c(sc4ncnc(Nc5cc6c(cc5Br)CN=C6)c34)C2)C[C@H](C)O1. The van der Waals surface area contributed by atoms with Crippen molar-refractivity contribution in [2.24, 2.45) is 10.9 Å². The van der Waals surface area contributed by atoms with Gasteiger partial charge in [0.15, 0.2) is 0 Å². The van der Waals surface area contributed by atoms with Crippen LogP contribution < -0.4 is 5.32 Å². The largest absolute Gasteiger partial charge is 0.372 e. The summed E-state index contributed by atoms with van der Waals surface area (Å²) in [7, 11) is 0. The van der Waals surface area contributed by atoms with Crippen LogP contribution in [0.3, 0.4) is 0 Å². The molecule has 0 radical (unpaired) electrons. The van der Waals surface area contributed by atoms with Gasteiger partial charge in [0.2, 0.25) is 5.91 Å². The zero-order valence-electron chi connectivity index (χ0n) is 19.2. The monoisotopic (exact) mass is 539 g/mol. The number of carbonyl (C=O) groups is 1. The first kappa shape index (κ1) is 22.1. The molecule has 3 atom stereocenters. The van der Waals surface area contributed by atoms with E-state index in [1.807, 2.05) is 25.0 Å². The number of anilines is 2. The average molecular weight is 540 g/mol. The molecule has 1 N–H and O–H groups in total. The van der Waals surface area contributed by atoms with E-state index in [2.05, 4.69) is 48.3 Å². The van der Waals surface area contributed by atoms with Crippen LogP contribution in [0.4, 0.5) is 11.5 Å². The van der Waals surface area contributed by atoms with Crippen molar-refractivity contribution in [3.63, 3.8) is 0 Å². The lowest BCUT2D eigenvalue weighted by molar-refractivity contribution is -0.147. The number of fused-ring (bicyclic) bond motifs is 4. The molecular weight excluding hydrogens is 514 g/mol. The third-order valence-electron chi connectivity index (χ3n) is 6.90. The number of ether oxygens (including phenoxy) is 1. The summed E-state index contributed by atoms with van der Waals surface area (Å²) in [5.74, 6) is 1.10. The van der Waals surface area contributed by atoms with Gasteiger partial charge in [-0.2, -0.15) is 0 Å². The molecule has 1 saturated heterocycles. The topological polar surface area (TPSA) is 79.7 Å². The van der Waals surface area contributed by atoms with Gasteiger partial charge in [-0.25, -0.2) is 9.97 Å². The molecule has 6 rings (SSSR count). The second-order valence-electron chi connectivity index (χ2n) is 9.47. The molecule has 1 aliphatic carbocycles. The average Bonchev–Trinajstić information content (AvgIpc) is 3.41. The van der Waals surface area contributed by atoms with Crippen LogP contribution in [0.2, 0.25) is 0 Å². The molecule has 34 heavy (non-hydrogen) atoms. The molecule has 0 saturated carbocycles. The van der Waals surface area contributed by atoms with Crippen molar-refractivity contribution in [2.45, 2.75) is 51.9 Å². The summed E-state index contributed by atoms with van der Waals surface area (Å²) in [6, 6.07) is 4.23. The highest BCUT2D eigenvalue weighted by Gasteiger charge is 2.34. The Balaban J connectivity index is 1.28. The number of rotatable bonds is 3. The van der Waals surface area contributed by atoms with E-state index in [9.17, 15) is 4.79 Å². The van der Waals surface area contributed by atoms with Crippen molar-refractivity contribution < 1.29 is 9.53 Å². The Labute approximate surface area is 210 Å². The van der Waals surface area contributed by atoms with E-state index in [1.54, 1.807) is 17.7 Å². The molecule has 1 fully saturated rings. The van der Waals surface area contributed by atoms with Gasteiger partial charge in [0.05, 0.1) is 29.8 Å². The van der Waals surface area contributed by atoms with E-state index < -0.39 is 0 Å². The van der Waals surface area contributed by atoms with Crippen molar-refractivity contribution >= 4 is 61.1 Å². The Bertz CT molecular complexity index is 1310. The lowest BCUT2D eigenvalue weighted by Gasteiger charge is -2.37. The molecule has 3 aliphatic rings. The third kappa shape index (κ3) is 3.93. The van der Waals surface area contributed by atoms with Crippen LogP contribution >= 0.6 is 27.3 Å². The van der Waals surface area contributed by atoms with E-state index in [0.29, 0.717) is 13.1 Å². The number of benzene rings is 1. The number of thiophene rings is 1. The van der Waals surface area contributed by atoms with E-state index in [-0.39, 0.29) is 24.0 Å². The number of halogens is 1. The van der Waals surface area contributed by atoms with Gasteiger partial charge in [-0.15, -0.1) is 11.3 Å². The van der Waals surface area contributed by atoms with Crippen LogP contribution in [0.25, 0.3) is 10.2 Å². The predicted molar refractivity (Wildman–Crippen MR) is 138 cm³/mol. The predicted octanol–water partition coefficient (Wildman–Crippen LogP) is 4.87. The second-order valence-corrected chi connectivity index (χ2v) is 11.4. The normalized spacial score (nSPS) is 23.7. The van der Waals surface area contributed by atoms with Crippen molar-refractivity contribution in [1.29, 1.82) is 0 Å². The molecule has 0 unspecified atom stereocenters. The second kappa shape index (κ2) is 8.70. The minimum absolute atomic E-state index is 0.0209. The molecule has 0 spiro atoms. The summed E-state index contributed by atoms with van der Waals surface area (Å²) in [6.45, 7) is 6.17. The van der Waals surface area contributed by atoms with Gasteiger partial charge in [0.1, 0.15) is 17.0 Å². The summed E-state index contributed by atoms with van der Waals surface area (Å²) < 4.78 is 6.81. The molecule has 1 amide bonds. The fourth-order valence-corrected chi connectivity index (χ4v) is 7.14. The molecule has 9 heteroatoms. The van der Waals surface area contributed by atoms with E-state index in [4.69, 9.17) is 4.74 Å². The van der Waals surface area contributed by atoms with Gasteiger partial charge in [-0.3, -0.25) is 9.79 Å². The quantitative estimate of drug-likeness (QED) is 0.513. The highest BCUT2D eigenvalue weighted by Crippen LogP contribution is 2.41. The summed E-state index contributed by atoms with van der Waals surface area (Å²) in [5, 5.41) is 4.62. The van der Waals surface area contributed by atoms with Crippen LogP contribution in [0.15, 0.2) is 27.9 Å². The van der Waals surface area contributed by atoms with Gasteiger partial charge in [-0.05, 0) is 77.9 Å². The van der Waals surface area contributed by atoms with Crippen molar-refractivity contribution in [1.82, 2.24) is 14.9 Å². The fraction of sp³-hybridized carbons (Fsp3) is 0.440. The summed E-state index contributed by atoms with van der Waals surface area (Å²) in [6.07, 6.45) is 6.20. The molecule has 0 bridgehead atoms. The van der Waals surface area contributed by atoms with E-state index >= 15 is 0 Å². The van der Waals surface area contributed by atoms with Gasteiger partial charge in [-0.1, -0.05) is 0 Å². The Morgan fingerprint density at radius 1 is 1.24 bits per heavy atom. The van der Waals surface area contributed by atoms with Gasteiger partial charge >= 0.3 is 0 Å². The van der Waals surface area contributed by atoms with Crippen molar-refractivity contribution in [3.8, 4) is 0 Å². The number of carbonyl (C=O) groups excluding carboxylic acids is 1. The Morgan fingerprint density at radius 3 is 2.88 bits per heavy atom. The number of hydrogen-bond acceptors (Lipinski definition) is 7. The summed E-state index contributed by atoms with van der Waals surface area (Å²) >= 11 is 5.40. The zero-order valence-corrected chi connectivity index (χ0v) is 21.6. The molecule has 3 aromatic rings. The third-order valence-corrected chi connectivity index (χ3v) is 8.72. The summed E-state index contributed by atoms with van der Waals surface area (Å²) in [4.78, 5) is 31.1.